The van der Waals surface area contributed by atoms with Crippen LogP contribution >= 0.6 is 23.2 Å². The molecule has 5 nitrogen and oxygen atoms in total. The van der Waals surface area contributed by atoms with E-state index in [1.165, 1.54) is 12.1 Å². The van der Waals surface area contributed by atoms with Crippen LogP contribution in [0.4, 0.5) is 11.4 Å². The third-order valence-electron chi connectivity index (χ3n) is 3.27. The van der Waals surface area contributed by atoms with Crippen LogP contribution < -0.4 is 10.6 Å². The summed E-state index contributed by atoms with van der Waals surface area (Å²) in [7, 11) is 0. The van der Waals surface area contributed by atoms with Crippen LogP contribution in [-0.4, -0.2) is 24.6 Å². The molecule has 1 atom stereocenters. The fourth-order valence-electron chi connectivity index (χ4n) is 2.20. The number of anilines is 1. The molecule has 2 rings (SSSR count). The summed E-state index contributed by atoms with van der Waals surface area (Å²) in [5.74, 6) is 0.634. The molecule has 1 aromatic carbocycles. The second kappa shape index (κ2) is 6.41. The predicted octanol–water partition coefficient (Wildman–Crippen LogP) is 3.31. The maximum atomic E-state index is 11.0. The van der Waals surface area contributed by atoms with Crippen LogP contribution in [0, 0.1) is 16.0 Å². The van der Waals surface area contributed by atoms with E-state index in [1.54, 1.807) is 0 Å². The van der Waals surface area contributed by atoms with Gasteiger partial charge in [0.1, 0.15) is 5.69 Å². The first-order valence-corrected chi connectivity index (χ1v) is 6.91. The lowest BCUT2D eigenvalue weighted by atomic mass is 10.1. The van der Waals surface area contributed by atoms with Crippen molar-refractivity contribution in [2.24, 2.45) is 5.92 Å². The summed E-state index contributed by atoms with van der Waals surface area (Å²) in [6, 6.07) is 2.79. The molecule has 1 saturated heterocycles. The van der Waals surface area contributed by atoms with Crippen molar-refractivity contribution < 1.29 is 4.92 Å². The van der Waals surface area contributed by atoms with E-state index in [-0.39, 0.29) is 10.7 Å². The largest absolute Gasteiger partial charge is 0.379 e. The summed E-state index contributed by atoms with van der Waals surface area (Å²) in [6.07, 6.45) is 2.13. The Kier molecular flexibility index (Phi) is 4.85. The van der Waals surface area contributed by atoms with Crippen molar-refractivity contribution in [2.45, 2.75) is 12.8 Å². The lowest BCUT2D eigenvalue weighted by Crippen LogP contribution is -2.13. The number of rotatable bonds is 5. The van der Waals surface area contributed by atoms with Gasteiger partial charge >= 0.3 is 0 Å². The summed E-state index contributed by atoms with van der Waals surface area (Å²) in [5, 5.41) is 17.8. The van der Waals surface area contributed by atoms with E-state index >= 15 is 0 Å². The van der Waals surface area contributed by atoms with Gasteiger partial charge in [0.2, 0.25) is 0 Å². The molecule has 0 radical (unpaired) electrons. The highest BCUT2D eigenvalue weighted by Crippen LogP contribution is 2.34. The van der Waals surface area contributed by atoms with Gasteiger partial charge in [-0.3, -0.25) is 10.1 Å². The van der Waals surface area contributed by atoms with E-state index in [0.717, 1.165) is 25.9 Å². The van der Waals surface area contributed by atoms with Gasteiger partial charge in [0, 0.05) is 12.6 Å². The highest BCUT2D eigenvalue weighted by Gasteiger charge is 2.18. The van der Waals surface area contributed by atoms with Crippen LogP contribution in [-0.2, 0) is 0 Å². The van der Waals surface area contributed by atoms with Gasteiger partial charge in [0.15, 0.2) is 0 Å². The minimum absolute atomic E-state index is 0.0426. The highest BCUT2D eigenvalue weighted by atomic mass is 35.5. The topological polar surface area (TPSA) is 67.2 Å². The first kappa shape index (κ1) is 14.4. The maximum Gasteiger partial charge on any atom is 0.293 e. The summed E-state index contributed by atoms with van der Waals surface area (Å²) in [4.78, 5) is 10.5. The van der Waals surface area contributed by atoms with Gasteiger partial charge in [-0.05, 0) is 37.9 Å². The Morgan fingerprint density at radius 2 is 2.16 bits per heavy atom. The SMILES string of the molecule is O=[N+]([O-])c1cc(Cl)c(Cl)cc1NCCC1CCNC1. The van der Waals surface area contributed by atoms with Crippen LogP contribution in [0.2, 0.25) is 10.0 Å². The minimum Gasteiger partial charge on any atom is -0.379 e. The van der Waals surface area contributed by atoms with Gasteiger partial charge in [-0.25, -0.2) is 0 Å². The van der Waals surface area contributed by atoms with Crippen molar-refractivity contribution in [3.8, 4) is 0 Å². The molecule has 2 N–H and O–H groups in total. The average molecular weight is 304 g/mol. The third-order valence-corrected chi connectivity index (χ3v) is 3.99. The number of nitro benzene ring substituents is 1. The molecule has 1 aliphatic heterocycles. The number of hydrogen-bond acceptors (Lipinski definition) is 4. The first-order chi connectivity index (χ1) is 9.08. The molecule has 1 heterocycles. The monoisotopic (exact) mass is 303 g/mol. The lowest BCUT2D eigenvalue weighted by molar-refractivity contribution is -0.383. The molecule has 7 heteroatoms. The molecule has 1 unspecified atom stereocenters. The number of hydrogen-bond donors (Lipinski definition) is 2. The summed E-state index contributed by atoms with van der Waals surface area (Å²) in [5.41, 5.74) is 0.379. The van der Waals surface area contributed by atoms with Crippen molar-refractivity contribution in [2.75, 3.05) is 25.0 Å². The Balaban J connectivity index is 2.01. The molecule has 1 aromatic rings. The van der Waals surface area contributed by atoms with Gasteiger partial charge in [-0.1, -0.05) is 23.2 Å². The van der Waals surface area contributed by atoms with E-state index in [0.29, 0.717) is 23.2 Å². The minimum atomic E-state index is -0.457. The van der Waals surface area contributed by atoms with Crippen LogP contribution in [0.25, 0.3) is 0 Å². The van der Waals surface area contributed by atoms with Crippen LogP contribution in [0.15, 0.2) is 12.1 Å². The Bertz CT molecular complexity index is 476. The normalized spacial score (nSPS) is 18.5. The second-order valence-corrected chi connectivity index (χ2v) is 5.43. The van der Waals surface area contributed by atoms with Crippen molar-refractivity contribution >= 4 is 34.6 Å². The Morgan fingerprint density at radius 1 is 1.42 bits per heavy atom. The van der Waals surface area contributed by atoms with E-state index in [4.69, 9.17) is 23.2 Å². The van der Waals surface area contributed by atoms with Crippen molar-refractivity contribution in [1.82, 2.24) is 5.32 Å². The zero-order valence-electron chi connectivity index (χ0n) is 10.3. The summed E-state index contributed by atoms with van der Waals surface area (Å²) < 4.78 is 0. The van der Waals surface area contributed by atoms with Crippen LogP contribution in [0.5, 0.6) is 0 Å². The fraction of sp³-hybridized carbons (Fsp3) is 0.500. The maximum absolute atomic E-state index is 11.0. The van der Waals surface area contributed by atoms with E-state index in [9.17, 15) is 10.1 Å². The molecule has 104 valence electrons. The van der Waals surface area contributed by atoms with Crippen LogP contribution in [0.1, 0.15) is 12.8 Å². The number of nitro groups is 1. The van der Waals surface area contributed by atoms with E-state index in [1.807, 2.05) is 0 Å². The van der Waals surface area contributed by atoms with E-state index < -0.39 is 4.92 Å². The van der Waals surface area contributed by atoms with Gasteiger partial charge in [0.05, 0.1) is 15.0 Å². The number of nitrogens with one attached hydrogen (secondary N) is 2. The molecule has 19 heavy (non-hydrogen) atoms. The molecule has 0 saturated carbocycles. The molecule has 0 aliphatic carbocycles. The molecule has 0 aromatic heterocycles. The summed E-state index contributed by atoms with van der Waals surface area (Å²) >= 11 is 11.7. The zero-order valence-corrected chi connectivity index (χ0v) is 11.8. The quantitative estimate of drug-likeness (QED) is 0.647. The van der Waals surface area contributed by atoms with Gasteiger partial charge in [0.25, 0.3) is 5.69 Å². The highest BCUT2D eigenvalue weighted by molar-refractivity contribution is 6.42. The molecule has 0 amide bonds. The standard InChI is InChI=1S/C12H15Cl2N3O2/c13-9-5-11(12(17(18)19)6-10(9)14)16-4-2-8-1-3-15-7-8/h5-6,8,15-16H,1-4,7H2. The summed E-state index contributed by atoms with van der Waals surface area (Å²) in [6.45, 7) is 2.76. The molecule has 0 bridgehead atoms. The number of halogens is 2. The zero-order chi connectivity index (χ0) is 13.8. The van der Waals surface area contributed by atoms with Crippen molar-refractivity contribution in [3.63, 3.8) is 0 Å². The second-order valence-electron chi connectivity index (χ2n) is 4.61. The number of benzene rings is 1. The van der Waals surface area contributed by atoms with Crippen LogP contribution in [0.3, 0.4) is 0 Å². The molecule has 0 spiro atoms. The predicted molar refractivity (Wildman–Crippen MR) is 77.2 cm³/mol. The Hall–Kier alpha value is -1.04. The smallest absolute Gasteiger partial charge is 0.293 e. The van der Waals surface area contributed by atoms with Gasteiger partial charge in [-0.2, -0.15) is 0 Å². The Morgan fingerprint density at radius 3 is 2.79 bits per heavy atom. The fourth-order valence-corrected chi connectivity index (χ4v) is 2.52. The van der Waals surface area contributed by atoms with E-state index in [2.05, 4.69) is 10.6 Å². The third kappa shape index (κ3) is 3.72. The molecular weight excluding hydrogens is 289 g/mol. The molecule has 1 fully saturated rings. The molecule has 1 aliphatic rings. The Labute approximate surface area is 121 Å². The van der Waals surface area contributed by atoms with Gasteiger partial charge < -0.3 is 10.6 Å². The first-order valence-electron chi connectivity index (χ1n) is 6.16. The van der Waals surface area contributed by atoms with Crippen molar-refractivity contribution in [1.29, 1.82) is 0 Å². The molecular formula is C12H15Cl2N3O2. The van der Waals surface area contributed by atoms with Gasteiger partial charge in [-0.15, -0.1) is 0 Å². The number of nitrogens with zero attached hydrogens (tertiary/aromatic N) is 1. The van der Waals surface area contributed by atoms with Crippen molar-refractivity contribution in [3.05, 3.63) is 32.3 Å². The lowest BCUT2D eigenvalue weighted by Gasteiger charge is -2.11. The average Bonchev–Trinajstić information content (AvgIpc) is 2.86.